The van der Waals surface area contributed by atoms with E-state index in [1.165, 1.54) is 11.1 Å². The van der Waals surface area contributed by atoms with E-state index in [9.17, 15) is 4.79 Å². The van der Waals surface area contributed by atoms with Crippen LogP contribution in [-0.4, -0.2) is 19.0 Å². The van der Waals surface area contributed by atoms with E-state index in [-0.39, 0.29) is 11.9 Å². The lowest BCUT2D eigenvalue weighted by molar-refractivity contribution is 0.0939. The summed E-state index contributed by atoms with van der Waals surface area (Å²) in [7, 11) is 1.80. The average Bonchev–Trinajstić information content (AvgIpc) is 2.89. The number of nitrogens with one attached hydrogen (secondary N) is 2. The van der Waals surface area contributed by atoms with Crippen molar-refractivity contribution in [2.75, 3.05) is 12.4 Å². The largest absolute Gasteiger partial charge is 0.387 e. The molecule has 0 heterocycles. The third-order valence-corrected chi connectivity index (χ3v) is 4.12. The molecule has 0 unspecified atom stereocenters. The van der Waals surface area contributed by atoms with Gasteiger partial charge in [0.15, 0.2) is 0 Å². The highest BCUT2D eigenvalue weighted by atomic mass is 35.5. The number of benzene rings is 2. The molecule has 0 bridgehead atoms. The Labute approximate surface area is 129 Å². The van der Waals surface area contributed by atoms with Gasteiger partial charge in [-0.25, -0.2) is 0 Å². The predicted molar refractivity (Wildman–Crippen MR) is 86.1 cm³/mol. The lowest BCUT2D eigenvalue weighted by Crippen LogP contribution is -2.35. The predicted octanol–water partition coefficient (Wildman–Crippen LogP) is 3.28. The van der Waals surface area contributed by atoms with Crippen molar-refractivity contribution in [3.05, 3.63) is 64.2 Å². The zero-order chi connectivity index (χ0) is 14.8. The van der Waals surface area contributed by atoms with Crippen LogP contribution in [0.15, 0.2) is 42.5 Å². The minimum atomic E-state index is -0.0837. The van der Waals surface area contributed by atoms with Gasteiger partial charge in [0.1, 0.15) is 0 Å². The average molecular weight is 301 g/mol. The van der Waals surface area contributed by atoms with Gasteiger partial charge in [0, 0.05) is 23.8 Å². The van der Waals surface area contributed by atoms with Gasteiger partial charge in [0.25, 0.3) is 5.91 Å². The van der Waals surface area contributed by atoms with Crippen molar-refractivity contribution < 1.29 is 4.79 Å². The Morgan fingerprint density at radius 3 is 2.43 bits per heavy atom. The lowest BCUT2D eigenvalue weighted by atomic mass is 10.1. The summed E-state index contributed by atoms with van der Waals surface area (Å²) >= 11 is 6.00. The summed E-state index contributed by atoms with van der Waals surface area (Å²) in [6.07, 6.45) is 1.77. The molecule has 3 rings (SSSR count). The smallest absolute Gasteiger partial charge is 0.253 e. The third-order valence-electron chi connectivity index (χ3n) is 3.88. The molecule has 0 spiro atoms. The van der Waals surface area contributed by atoms with Gasteiger partial charge in [-0.1, -0.05) is 35.9 Å². The maximum Gasteiger partial charge on any atom is 0.253 e. The monoisotopic (exact) mass is 300 g/mol. The van der Waals surface area contributed by atoms with Crippen LogP contribution in [0.25, 0.3) is 0 Å². The van der Waals surface area contributed by atoms with Gasteiger partial charge in [0.2, 0.25) is 0 Å². The first kappa shape index (κ1) is 14.0. The highest BCUT2D eigenvalue weighted by Gasteiger charge is 2.23. The molecule has 2 aromatic carbocycles. The maximum absolute atomic E-state index is 12.5. The number of halogens is 1. The van der Waals surface area contributed by atoms with Crippen LogP contribution in [0.5, 0.6) is 0 Å². The molecule has 1 aliphatic carbocycles. The summed E-state index contributed by atoms with van der Waals surface area (Å²) in [5.74, 6) is -0.0837. The molecule has 21 heavy (non-hydrogen) atoms. The fourth-order valence-electron chi connectivity index (χ4n) is 2.85. The summed E-state index contributed by atoms with van der Waals surface area (Å²) < 4.78 is 0. The van der Waals surface area contributed by atoms with Crippen LogP contribution in [0.2, 0.25) is 5.02 Å². The normalized spacial score (nSPS) is 13.8. The molecule has 0 saturated heterocycles. The van der Waals surface area contributed by atoms with E-state index in [2.05, 4.69) is 22.8 Å². The third kappa shape index (κ3) is 2.88. The minimum absolute atomic E-state index is 0.0837. The Balaban J connectivity index is 1.75. The SMILES string of the molecule is CNc1ccc(Cl)cc1C(=O)NC1Cc2ccccc2C1. The molecule has 0 fully saturated rings. The number of anilines is 1. The lowest BCUT2D eigenvalue weighted by Gasteiger charge is -2.14. The second-order valence-electron chi connectivity index (χ2n) is 5.29. The molecule has 1 aliphatic rings. The first-order valence-corrected chi connectivity index (χ1v) is 7.40. The number of hydrogen-bond acceptors (Lipinski definition) is 2. The number of amides is 1. The molecule has 0 aliphatic heterocycles. The summed E-state index contributed by atoms with van der Waals surface area (Å²) in [6.45, 7) is 0. The van der Waals surface area contributed by atoms with E-state index in [0.29, 0.717) is 10.6 Å². The molecule has 0 atom stereocenters. The maximum atomic E-state index is 12.5. The van der Waals surface area contributed by atoms with Gasteiger partial charge < -0.3 is 10.6 Å². The molecular formula is C17H17ClN2O. The first-order chi connectivity index (χ1) is 10.2. The quantitative estimate of drug-likeness (QED) is 0.913. The first-order valence-electron chi connectivity index (χ1n) is 7.02. The van der Waals surface area contributed by atoms with Crippen molar-refractivity contribution in [3.8, 4) is 0 Å². The molecule has 0 aromatic heterocycles. The van der Waals surface area contributed by atoms with Crippen LogP contribution in [0.4, 0.5) is 5.69 Å². The summed E-state index contributed by atoms with van der Waals surface area (Å²) in [5.41, 5.74) is 4.01. The Bertz CT molecular complexity index is 659. The molecule has 108 valence electrons. The van der Waals surface area contributed by atoms with Crippen LogP contribution >= 0.6 is 11.6 Å². The van der Waals surface area contributed by atoms with E-state index in [0.717, 1.165) is 18.5 Å². The number of carbonyl (C=O) groups is 1. The molecule has 0 saturated carbocycles. The molecule has 2 aromatic rings. The number of rotatable bonds is 3. The second-order valence-corrected chi connectivity index (χ2v) is 5.72. The van der Waals surface area contributed by atoms with Gasteiger partial charge in [-0.15, -0.1) is 0 Å². The number of fused-ring (bicyclic) bond motifs is 1. The fraction of sp³-hybridized carbons (Fsp3) is 0.235. The van der Waals surface area contributed by atoms with Gasteiger partial charge in [0.05, 0.1) is 5.56 Å². The summed E-state index contributed by atoms with van der Waals surface area (Å²) in [4.78, 5) is 12.5. The Hall–Kier alpha value is -2.00. The molecule has 2 N–H and O–H groups in total. The standard InChI is InChI=1S/C17H17ClN2O/c1-19-16-7-6-13(18)10-15(16)17(21)20-14-8-11-4-2-3-5-12(11)9-14/h2-7,10,14,19H,8-9H2,1H3,(H,20,21). The van der Waals surface area contributed by atoms with Crippen LogP contribution in [0.1, 0.15) is 21.5 Å². The van der Waals surface area contributed by atoms with Crippen molar-refractivity contribution in [1.82, 2.24) is 5.32 Å². The highest BCUT2D eigenvalue weighted by Crippen LogP contribution is 2.24. The number of hydrogen-bond donors (Lipinski definition) is 2. The summed E-state index contributed by atoms with van der Waals surface area (Å²) in [6, 6.07) is 13.8. The molecule has 1 amide bonds. The van der Waals surface area contributed by atoms with Crippen molar-refractivity contribution in [1.29, 1.82) is 0 Å². The Kier molecular flexibility index (Phi) is 3.84. The highest BCUT2D eigenvalue weighted by molar-refractivity contribution is 6.31. The Morgan fingerprint density at radius 2 is 1.81 bits per heavy atom. The topological polar surface area (TPSA) is 41.1 Å². The zero-order valence-electron chi connectivity index (χ0n) is 11.8. The fourth-order valence-corrected chi connectivity index (χ4v) is 3.02. The molecule has 3 nitrogen and oxygen atoms in total. The summed E-state index contributed by atoms with van der Waals surface area (Å²) in [5, 5.41) is 6.70. The Morgan fingerprint density at radius 1 is 1.14 bits per heavy atom. The molecular weight excluding hydrogens is 284 g/mol. The van der Waals surface area contributed by atoms with Gasteiger partial charge >= 0.3 is 0 Å². The van der Waals surface area contributed by atoms with Crippen LogP contribution in [-0.2, 0) is 12.8 Å². The zero-order valence-corrected chi connectivity index (χ0v) is 12.6. The minimum Gasteiger partial charge on any atom is -0.387 e. The van der Waals surface area contributed by atoms with E-state index in [1.54, 1.807) is 19.2 Å². The van der Waals surface area contributed by atoms with Gasteiger partial charge in [-0.05, 0) is 42.2 Å². The van der Waals surface area contributed by atoms with E-state index >= 15 is 0 Å². The number of carbonyl (C=O) groups excluding carboxylic acids is 1. The molecule has 4 heteroatoms. The van der Waals surface area contributed by atoms with Crippen LogP contribution in [0, 0.1) is 0 Å². The van der Waals surface area contributed by atoms with Gasteiger partial charge in [-0.3, -0.25) is 4.79 Å². The second kappa shape index (κ2) is 5.78. The van der Waals surface area contributed by atoms with Crippen molar-refractivity contribution in [2.24, 2.45) is 0 Å². The van der Waals surface area contributed by atoms with Gasteiger partial charge in [-0.2, -0.15) is 0 Å². The van der Waals surface area contributed by atoms with E-state index < -0.39 is 0 Å². The van der Waals surface area contributed by atoms with Crippen molar-refractivity contribution >= 4 is 23.2 Å². The van der Waals surface area contributed by atoms with E-state index in [1.807, 2.05) is 18.2 Å². The van der Waals surface area contributed by atoms with E-state index in [4.69, 9.17) is 11.6 Å². The van der Waals surface area contributed by atoms with Crippen molar-refractivity contribution in [2.45, 2.75) is 18.9 Å². The van der Waals surface area contributed by atoms with Crippen LogP contribution < -0.4 is 10.6 Å². The molecule has 0 radical (unpaired) electrons. The van der Waals surface area contributed by atoms with Crippen LogP contribution in [0.3, 0.4) is 0 Å². The van der Waals surface area contributed by atoms with Crippen molar-refractivity contribution in [3.63, 3.8) is 0 Å².